The molecule has 0 saturated heterocycles. The number of hydrazine groups is 3. The number of anilines is 2. The van der Waals surface area contributed by atoms with E-state index in [0.717, 1.165) is 34.5 Å². The second kappa shape index (κ2) is 38.5. The molecule has 0 fully saturated rings. The number of hydrazone groups is 4. The number of carbonyl (C=O) groups is 3. The highest BCUT2D eigenvalue weighted by atomic mass is 32.1. The lowest BCUT2D eigenvalue weighted by Gasteiger charge is -2.09. The maximum absolute atomic E-state index is 12.8. The van der Waals surface area contributed by atoms with E-state index in [9.17, 15) is 18.8 Å². The van der Waals surface area contributed by atoms with Gasteiger partial charge in [0, 0.05) is 34.5 Å². The quantitative estimate of drug-likeness (QED) is 0.00681. The number of carbonyl (C=O) groups excluding carboxylic acids is 3. The fourth-order valence-electron chi connectivity index (χ4n) is 7.55. The average molecular weight is 1380 g/mol. The summed E-state index contributed by atoms with van der Waals surface area (Å²) in [6.45, 7) is 8.32. The zero-order valence-electron chi connectivity index (χ0n) is 52.3. The van der Waals surface area contributed by atoms with Crippen molar-refractivity contribution in [2.75, 3.05) is 31.9 Å². The van der Waals surface area contributed by atoms with Crippen molar-refractivity contribution in [3.63, 3.8) is 0 Å². The van der Waals surface area contributed by atoms with E-state index >= 15 is 0 Å². The number of halogens is 1. The first-order chi connectivity index (χ1) is 46.3. The molecule has 96 heavy (non-hydrogen) atoms. The van der Waals surface area contributed by atoms with E-state index in [1.807, 2.05) is 64.1 Å². The summed E-state index contributed by atoms with van der Waals surface area (Å²) in [5.74, 6) is 13.4. The molecule has 9 aromatic rings. The summed E-state index contributed by atoms with van der Waals surface area (Å²) in [5.41, 5.74) is 33.4. The van der Waals surface area contributed by atoms with Crippen molar-refractivity contribution in [3.8, 4) is 45.3 Å². The van der Waals surface area contributed by atoms with Crippen LogP contribution in [-0.2, 0) is 14.2 Å². The van der Waals surface area contributed by atoms with Gasteiger partial charge in [0.05, 0.1) is 67.6 Å². The molecule has 0 atom stereocenters. The van der Waals surface area contributed by atoms with Gasteiger partial charge in [-0.2, -0.15) is 20.4 Å². The van der Waals surface area contributed by atoms with E-state index < -0.39 is 5.97 Å². The van der Waals surface area contributed by atoms with Gasteiger partial charge in [-0.15, -0.1) is 0 Å². The van der Waals surface area contributed by atoms with Crippen molar-refractivity contribution >= 4 is 123 Å². The molecule has 0 unspecified atom stereocenters. The minimum atomic E-state index is -0.489. The molecule has 0 aliphatic rings. The Bertz CT molecular complexity index is 4170. The number of furan rings is 4. The molecule has 0 saturated carbocycles. The SMILES string of the molecule is CC(C)OC(=O)c1ccc(-c2ccc(/C=N/NC(=S)NN)o2)cc1.CCNC(=S)N/N=C/c1ccc(-c2ccc(F)cc2)o1.COC(=O)c1ccc(-c2ccc(/C=N/NC(=S)NN)o2)cc1N.COC(=O)c1ccc(-c2ccc(/C=N/NC(=S)NNc3ccc(C)cc3)o2)cc1. The maximum Gasteiger partial charge on any atom is 0.339 e. The number of ether oxygens (including phenoxy) is 3. The second-order valence-electron chi connectivity index (χ2n) is 19.4. The molecule has 15 N–H and O–H groups in total. The number of nitrogens with zero attached hydrogens (tertiary/aromatic N) is 4. The Labute approximate surface area is 572 Å². The van der Waals surface area contributed by atoms with Gasteiger partial charge in [-0.05, 0) is 198 Å². The fraction of sp³-hybridized carbons (Fsp3) is 0.123. The van der Waals surface area contributed by atoms with Crippen LogP contribution in [0.2, 0.25) is 0 Å². The molecule has 0 aliphatic carbocycles. The summed E-state index contributed by atoms with van der Waals surface area (Å²) in [5, 5.41) is 19.8. The molecule has 5 aromatic carbocycles. The lowest BCUT2D eigenvalue weighted by atomic mass is 10.1. The largest absolute Gasteiger partial charge is 0.465 e. The van der Waals surface area contributed by atoms with Gasteiger partial charge in [0.2, 0.25) is 15.3 Å². The molecular weight excluding hydrogens is 1310 g/mol. The fourth-order valence-corrected chi connectivity index (χ4v) is 7.96. The van der Waals surface area contributed by atoms with Crippen molar-refractivity contribution in [2.45, 2.75) is 33.8 Å². The number of esters is 3. The Kier molecular flexibility index (Phi) is 29.5. The van der Waals surface area contributed by atoms with E-state index in [4.69, 9.17) is 88.7 Å². The van der Waals surface area contributed by atoms with Crippen molar-refractivity contribution < 1.29 is 50.7 Å². The predicted octanol–water partition coefficient (Wildman–Crippen LogP) is 9.94. The van der Waals surface area contributed by atoms with Crippen LogP contribution in [0.15, 0.2) is 202 Å². The van der Waals surface area contributed by atoms with Gasteiger partial charge in [-0.1, -0.05) is 48.0 Å². The standard InChI is InChI=1S/C21H20N4O3S.C16H18N4O3S.C14H14FN3OS.C14H15N5O3S/c1-14-3-9-17(10-4-14)23-25-21(29)24-22-13-18-11-12-19(28-18)15-5-7-16(8-6-15)20(26)27-2;1-10(2)22-15(21)12-5-3-11(4-6-12)14-8-7-13(23-14)9-18-20-16(24)19-17;1-2-16-14(20)18-17-9-12-7-8-13(19-12)10-3-5-11(15)6-4-10;1-21-13(20)10-4-2-8(6-11(10)15)12-5-3-9(22-12)7-17-19-14(23)18-16/h3-13,23H,1-2H3,(H2,24,25,29);3-10H,17H2,1-2H3,(H2,19,20,24);3-9H,2H2,1H3,(H2,16,18,20);2-7H,15-16H2,1H3,(H2,18,19,23)/b22-13+;18-9+;17-9+;17-7+. The maximum atomic E-state index is 12.8. The summed E-state index contributed by atoms with van der Waals surface area (Å²) in [7, 11) is 2.65. The van der Waals surface area contributed by atoms with E-state index in [1.54, 1.807) is 115 Å². The van der Waals surface area contributed by atoms with Crippen LogP contribution < -0.4 is 66.1 Å². The monoisotopic (exact) mass is 1380 g/mol. The number of methoxy groups -OCH3 is 2. The molecule has 0 bridgehead atoms. The summed E-state index contributed by atoms with van der Waals surface area (Å²) >= 11 is 19.7. The summed E-state index contributed by atoms with van der Waals surface area (Å²) in [6, 6.07) is 47.1. The molecule has 0 radical (unpaired) electrons. The van der Waals surface area contributed by atoms with Crippen LogP contribution in [0, 0.1) is 12.7 Å². The highest BCUT2D eigenvalue weighted by Gasteiger charge is 2.14. The number of nitrogens with two attached hydrogens (primary N) is 3. The first-order valence-electron chi connectivity index (χ1n) is 28.5. The summed E-state index contributed by atoms with van der Waals surface area (Å²) < 4.78 is 49.9. The van der Waals surface area contributed by atoms with Crippen molar-refractivity contribution in [3.05, 3.63) is 215 Å². The molecule has 0 aliphatic heterocycles. The number of nitrogens with one attached hydrogen (secondary N) is 9. The van der Waals surface area contributed by atoms with Crippen LogP contribution in [0.25, 0.3) is 45.3 Å². The number of nitrogen functional groups attached to an aromatic ring is 1. The van der Waals surface area contributed by atoms with Crippen molar-refractivity contribution in [1.82, 2.24) is 43.3 Å². The summed E-state index contributed by atoms with van der Waals surface area (Å²) in [6.07, 6.45) is 5.81. The van der Waals surface area contributed by atoms with Crippen LogP contribution in [0.5, 0.6) is 0 Å². The van der Waals surface area contributed by atoms with E-state index in [2.05, 4.69) is 78.6 Å². The minimum Gasteiger partial charge on any atom is -0.465 e. The topological polar surface area (TPSA) is 367 Å². The molecule has 9 rings (SSSR count). The Morgan fingerprint density at radius 3 is 1.29 bits per heavy atom. The van der Waals surface area contributed by atoms with Crippen LogP contribution in [0.3, 0.4) is 0 Å². The Hall–Kier alpha value is -11.5. The van der Waals surface area contributed by atoms with Gasteiger partial charge in [0.15, 0.2) is 5.11 Å². The van der Waals surface area contributed by atoms with Crippen LogP contribution in [0.1, 0.15) is 80.4 Å². The van der Waals surface area contributed by atoms with Crippen LogP contribution in [-0.4, -0.2) is 90.1 Å². The Morgan fingerprint density at radius 1 is 0.510 bits per heavy atom. The Balaban J connectivity index is 0.000000204. The van der Waals surface area contributed by atoms with Crippen molar-refractivity contribution in [1.29, 1.82) is 0 Å². The van der Waals surface area contributed by atoms with E-state index in [1.165, 1.54) is 56.8 Å². The number of aryl methyl sites for hydroxylation is 1. The molecule has 0 amide bonds. The second-order valence-corrected chi connectivity index (χ2v) is 21.1. The lowest BCUT2D eigenvalue weighted by molar-refractivity contribution is 0.0377. The predicted molar refractivity (Wildman–Crippen MR) is 384 cm³/mol. The third-order valence-corrected chi connectivity index (χ3v) is 13.0. The van der Waals surface area contributed by atoms with Crippen LogP contribution in [0.4, 0.5) is 15.8 Å². The highest BCUT2D eigenvalue weighted by Crippen LogP contribution is 2.28. The third-order valence-electron chi connectivity index (χ3n) is 12.1. The molecule has 498 valence electrons. The third kappa shape index (κ3) is 24.5. The molecular formula is C65H67FN16O10S4. The van der Waals surface area contributed by atoms with Crippen LogP contribution >= 0.6 is 48.9 Å². The molecule has 26 nitrogen and oxygen atoms in total. The van der Waals surface area contributed by atoms with Gasteiger partial charge < -0.3 is 42.9 Å². The lowest BCUT2D eigenvalue weighted by Crippen LogP contribution is -2.37. The number of rotatable bonds is 19. The average Bonchev–Trinajstić information content (AvgIpc) is 1.99. The summed E-state index contributed by atoms with van der Waals surface area (Å²) in [4.78, 5) is 34.8. The molecule has 31 heteroatoms. The van der Waals surface area contributed by atoms with E-state index in [0.29, 0.717) is 78.7 Å². The molecule has 0 spiro atoms. The number of thiocarbonyl (C=S) groups is 4. The van der Waals surface area contributed by atoms with Gasteiger partial charge in [-0.3, -0.25) is 43.4 Å². The van der Waals surface area contributed by atoms with Gasteiger partial charge in [-0.25, -0.2) is 30.5 Å². The number of hydrogen-bond acceptors (Lipinski definition) is 22. The van der Waals surface area contributed by atoms with Gasteiger partial charge >= 0.3 is 17.9 Å². The number of benzene rings is 5. The number of hydrogen-bond donors (Lipinski definition) is 12. The van der Waals surface area contributed by atoms with E-state index in [-0.39, 0.29) is 34.1 Å². The molecule has 4 aromatic heterocycles. The van der Waals surface area contributed by atoms with Gasteiger partial charge in [0.25, 0.3) is 0 Å². The molecule has 4 heterocycles. The smallest absolute Gasteiger partial charge is 0.339 e. The Morgan fingerprint density at radius 2 is 0.896 bits per heavy atom. The first-order valence-corrected chi connectivity index (χ1v) is 30.1. The van der Waals surface area contributed by atoms with Gasteiger partial charge in [0.1, 0.15) is 51.9 Å². The highest BCUT2D eigenvalue weighted by molar-refractivity contribution is 7.80. The minimum absolute atomic E-state index is 0.153. The first kappa shape index (κ1) is 73.6. The zero-order valence-corrected chi connectivity index (χ0v) is 55.6. The zero-order chi connectivity index (χ0) is 69.4. The van der Waals surface area contributed by atoms with Crippen molar-refractivity contribution in [2.24, 2.45) is 32.1 Å². The normalized spacial score (nSPS) is 10.6.